The average molecular weight is 228 g/mol. The lowest BCUT2D eigenvalue weighted by Gasteiger charge is -2.13. The van der Waals surface area contributed by atoms with Gasteiger partial charge in [0, 0.05) is 14.1 Å². The molecule has 0 aliphatic carbocycles. The predicted octanol–water partition coefficient (Wildman–Crippen LogP) is -1.06. The molecule has 0 bridgehead atoms. The van der Waals surface area contributed by atoms with E-state index in [1.165, 1.54) is 21.0 Å². The standard InChI is InChI=1S/C9H12N2O5/c1-5(8(13)14)16-7-4-6(12)10(2)9(15)11(7)3/h4-5H,1-3H3,(H,13,14). The van der Waals surface area contributed by atoms with Gasteiger partial charge in [0.2, 0.25) is 5.88 Å². The summed E-state index contributed by atoms with van der Waals surface area (Å²) in [6, 6.07) is 1.07. The van der Waals surface area contributed by atoms with Crippen LogP contribution < -0.4 is 16.0 Å². The molecule has 0 saturated heterocycles. The van der Waals surface area contributed by atoms with E-state index in [4.69, 9.17) is 9.84 Å². The predicted molar refractivity (Wildman–Crippen MR) is 54.6 cm³/mol. The lowest BCUT2D eigenvalue weighted by molar-refractivity contribution is -0.144. The molecule has 1 aromatic rings. The summed E-state index contributed by atoms with van der Waals surface area (Å²) in [4.78, 5) is 33.3. The molecule has 0 spiro atoms. The van der Waals surface area contributed by atoms with Gasteiger partial charge in [-0.25, -0.2) is 9.59 Å². The maximum absolute atomic E-state index is 11.5. The number of carboxylic acids is 1. The van der Waals surface area contributed by atoms with E-state index in [9.17, 15) is 14.4 Å². The van der Waals surface area contributed by atoms with Crippen LogP contribution in [-0.2, 0) is 18.9 Å². The maximum atomic E-state index is 11.5. The number of ether oxygens (including phenoxy) is 1. The molecule has 1 rings (SSSR count). The van der Waals surface area contributed by atoms with E-state index in [2.05, 4.69) is 0 Å². The number of hydrogen-bond donors (Lipinski definition) is 1. The zero-order valence-electron chi connectivity index (χ0n) is 9.13. The minimum Gasteiger partial charge on any atom is -0.479 e. The molecule has 7 heteroatoms. The number of carbonyl (C=O) groups is 1. The number of rotatable bonds is 3. The molecule has 0 aromatic carbocycles. The molecular formula is C9H12N2O5. The van der Waals surface area contributed by atoms with Crippen LogP contribution in [0.5, 0.6) is 5.88 Å². The Morgan fingerprint density at radius 1 is 1.38 bits per heavy atom. The number of carboxylic acid groups (broad SMARTS) is 1. The van der Waals surface area contributed by atoms with Crippen LogP contribution in [0.4, 0.5) is 0 Å². The SMILES string of the molecule is CC(Oc1cc(=O)n(C)c(=O)n1C)C(=O)O. The summed E-state index contributed by atoms with van der Waals surface area (Å²) in [5, 5.41) is 8.63. The molecule has 1 heterocycles. The molecule has 7 nitrogen and oxygen atoms in total. The van der Waals surface area contributed by atoms with Gasteiger partial charge in [0.1, 0.15) is 0 Å². The van der Waals surface area contributed by atoms with Crippen molar-refractivity contribution in [3.05, 3.63) is 26.9 Å². The monoisotopic (exact) mass is 228 g/mol. The topological polar surface area (TPSA) is 90.5 Å². The first-order chi connectivity index (χ1) is 7.34. The van der Waals surface area contributed by atoms with E-state index in [0.29, 0.717) is 0 Å². The summed E-state index contributed by atoms with van der Waals surface area (Å²) in [5.41, 5.74) is -1.12. The second-order valence-corrected chi connectivity index (χ2v) is 3.32. The van der Waals surface area contributed by atoms with Gasteiger partial charge in [-0.2, -0.15) is 0 Å². The Morgan fingerprint density at radius 2 is 1.94 bits per heavy atom. The van der Waals surface area contributed by atoms with Crippen LogP contribution in [0.1, 0.15) is 6.92 Å². The minimum absolute atomic E-state index is 0.0667. The molecular weight excluding hydrogens is 216 g/mol. The molecule has 1 unspecified atom stereocenters. The minimum atomic E-state index is -1.17. The highest BCUT2D eigenvalue weighted by Gasteiger charge is 2.15. The van der Waals surface area contributed by atoms with Crippen molar-refractivity contribution in [2.45, 2.75) is 13.0 Å². The fourth-order valence-corrected chi connectivity index (χ4v) is 1.06. The molecule has 0 amide bonds. The molecule has 88 valence electrons. The molecule has 0 radical (unpaired) electrons. The number of aromatic nitrogens is 2. The van der Waals surface area contributed by atoms with Crippen molar-refractivity contribution < 1.29 is 14.6 Å². The van der Waals surface area contributed by atoms with Gasteiger partial charge < -0.3 is 9.84 Å². The highest BCUT2D eigenvalue weighted by Crippen LogP contribution is 2.05. The normalized spacial score (nSPS) is 12.2. The summed E-state index contributed by atoms with van der Waals surface area (Å²) in [6.07, 6.45) is -1.13. The van der Waals surface area contributed by atoms with Gasteiger partial charge in [0.15, 0.2) is 6.10 Å². The Kier molecular flexibility index (Phi) is 3.17. The lowest BCUT2D eigenvalue weighted by atomic mass is 10.4. The second kappa shape index (κ2) is 4.21. The van der Waals surface area contributed by atoms with Crippen LogP contribution in [0, 0.1) is 0 Å². The van der Waals surface area contributed by atoms with Crippen LogP contribution in [0.3, 0.4) is 0 Å². The summed E-state index contributed by atoms with van der Waals surface area (Å²) >= 11 is 0. The van der Waals surface area contributed by atoms with Crippen molar-refractivity contribution in [1.29, 1.82) is 0 Å². The van der Waals surface area contributed by atoms with E-state index in [0.717, 1.165) is 15.2 Å². The van der Waals surface area contributed by atoms with Crippen LogP contribution in [0.15, 0.2) is 15.7 Å². The van der Waals surface area contributed by atoms with Gasteiger partial charge in [-0.3, -0.25) is 13.9 Å². The summed E-state index contributed by atoms with van der Waals surface area (Å²) in [5.74, 6) is -1.24. The Hall–Kier alpha value is -2.05. The first-order valence-corrected chi connectivity index (χ1v) is 4.51. The largest absolute Gasteiger partial charge is 0.479 e. The molecule has 0 aliphatic heterocycles. The van der Waals surface area contributed by atoms with Crippen LogP contribution in [-0.4, -0.2) is 26.3 Å². The van der Waals surface area contributed by atoms with Crippen LogP contribution >= 0.6 is 0 Å². The second-order valence-electron chi connectivity index (χ2n) is 3.32. The molecule has 1 atom stereocenters. The molecule has 1 N–H and O–H groups in total. The Labute approximate surface area is 90.5 Å². The van der Waals surface area contributed by atoms with Gasteiger partial charge in [0.25, 0.3) is 5.56 Å². The van der Waals surface area contributed by atoms with Crippen molar-refractivity contribution in [2.24, 2.45) is 14.1 Å². The van der Waals surface area contributed by atoms with Crippen molar-refractivity contribution in [3.63, 3.8) is 0 Å². The molecule has 0 fully saturated rings. The zero-order valence-corrected chi connectivity index (χ0v) is 9.13. The molecule has 0 aliphatic rings. The van der Waals surface area contributed by atoms with Crippen LogP contribution in [0.2, 0.25) is 0 Å². The third-order valence-corrected chi connectivity index (χ3v) is 2.13. The number of aliphatic carboxylic acids is 1. The maximum Gasteiger partial charge on any atom is 0.344 e. The van der Waals surface area contributed by atoms with E-state index in [-0.39, 0.29) is 5.88 Å². The van der Waals surface area contributed by atoms with Crippen LogP contribution in [0.25, 0.3) is 0 Å². The average Bonchev–Trinajstić information content (AvgIpc) is 2.22. The third kappa shape index (κ3) is 2.13. The van der Waals surface area contributed by atoms with E-state index < -0.39 is 23.3 Å². The quantitative estimate of drug-likeness (QED) is 0.711. The van der Waals surface area contributed by atoms with Gasteiger partial charge >= 0.3 is 11.7 Å². The Bertz CT molecular complexity index is 528. The fourth-order valence-electron chi connectivity index (χ4n) is 1.06. The molecule has 0 saturated carbocycles. The number of hydrogen-bond acceptors (Lipinski definition) is 4. The van der Waals surface area contributed by atoms with E-state index in [1.807, 2.05) is 0 Å². The highest BCUT2D eigenvalue weighted by atomic mass is 16.5. The molecule has 16 heavy (non-hydrogen) atoms. The first kappa shape index (κ1) is 12.0. The number of nitrogens with zero attached hydrogens (tertiary/aromatic N) is 2. The first-order valence-electron chi connectivity index (χ1n) is 4.51. The summed E-state index contributed by atoms with van der Waals surface area (Å²) in [7, 11) is 2.72. The van der Waals surface area contributed by atoms with E-state index in [1.54, 1.807) is 0 Å². The van der Waals surface area contributed by atoms with Gasteiger partial charge in [-0.1, -0.05) is 0 Å². The van der Waals surface area contributed by atoms with Crippen molar-refractivity contribution in [1.82, 2.24) is 9.13 Å². The van der Waals surface area contributed by atoms with Gasteiger partial charge in [-0.15, -0.1) is 0 Å². The Balaban J connectivity index is 3.22. The van der Waals surface area contributed by atoms with Gasteiger partial charge in [0.05, 0.1) is 6.07 Å². The Morgan fingerprint density at radius 3 is 2.44 bits per heavy atom. The highest BCUT2D eigenvalue weighted by molar-refractivity contribution is 5.72. The fraction of sp³-hybridized carbons (Fsp3) is 0.444. The van der Waals surface area contributed by atoms with Gasteiger partial charge in [-0.05, 0) is 6.92 Å². The third-order valence-electron chi connectivity index (χ3n) is 2.13. The summed E-state index contributed by atoms with van der Waals surface area (Å²) < 4.78 is 6.94. The van der Waals surface area contributed by atoms with Crippen molar-refractivity contribution >= 4 is 5.97 Å². The van der Waals surface area contributed by atoms with Crippen molar-refractivity contribution in [3.8, 4) is 5.88 Å². The van der Waals surface area contributed by atoms with E-state index >= 15 is 0 Å². The van der Waals surface area contributed by atoms with Crippen molar-refractivity contribution in [2.75, 3.05) is 0 Å². The smallest absolute Gasteiger partial charge is 0.344 e. The lowest BCUT2D eigenvalue weighted by Crippen LogP contribution is -2.38. The zero-order chi connectivity index (χ0) is 12.5. The summed E-state index contributed by atoms with van der Waals surface area (Å²) in [6.45, 7) is 1.31. The molecule has 1 aromatic heterocycles.